The predicted molar refractivity (Wildman–Crippen MR) is 127 cm³/mol. The van der Waals surface area contributed by atoms with Crippen molar-refractivity contribution in [3.63, 3.8) is 0 Å². The number of hydrogen-bond acceptors (Lipinski definition) is 5. The van der Waals surface area contributed by atoms with Gasteiger partial charge in [-0.05, 0) is 19.3 Å². The fourth-order valence-corrected chi connectivity index (χ4v) is 3.40. The van der Waals surface area contributed by atoms with Gasteiger partial charge < -0.3 is 14.6 Å². The minimum Gasteiger partial charge on any atom is -0.462 e. The van der Waals surface area contributed by atoms with Gasteiger partial charge in [-0.2, -0.15) is 0 Å². The monoisotopic (exact) mass is 440 g/mol. The molecule has 0 aliphatic rings. The number of aliphatic hydroxyl groups excluding tert-OH is 1. The second kappa shape index (κ2) is 23.3. The first-order chi connectivity index (χ1) is 15.1. The van der Waals surface area contributed by atoms with Gasteiger partial charge in [0.25, 0.3) is 0 Å². The van der Waals surface area contributed by atoms with E-state index in [1.54, 1.807) is 0 Å². The number of esters is 2. The van der Waals surface area contributed by atoms with Crippen LogP contribution in [0.1, 0.15) is 123 Å². The Morgan fingerprint density at radius 1 is 0.742 bits per heavy atom. The van der Waals surface area contributed by atoms with Crippen molar-refractivity contribution in [1.29, 1.82) is 0 Å². The van der Waals surface area contributed by atoms with Crippen molar-refractivity contribution < 1.29 is 24.2 Å². The molecule has 0 aromatic carbocycles. The molecule has 1 atom stereocenters. The topological polar surface area (TPSA) is 72.8 Å². The Bertz CT molecular complexity index is 447. The molecule has 0 amide bonds. The lowest BCUT2D eigenvalue weighted by molar-refractivity contribution is -0.161. The van der Waals surface area contributed by atoms with Gasteiger partial charge in [-0.1, -0.05) is 103 Å². The number of unbranched alkanes of at least 4 members (excludes halogenated alkanes) is 12. The molecule has 0 unspecified atom stereocenters. The number of carbonyl (C=O) groups is 2. The lowest BCUT2D eigenvalue weighted by Gasteiger charge is -2.15. The molecular formula is C26H48O5. The molecular weight excluding hydrogens is 392 g/mol. The van der Waals surface area contributed by atoms with Crippen LogP contribution < -0.4 is 0 Å². The summed E-state index contributed by atoms with van der Waals surface area (Å²) < 4.78 is 10.3. The highest BCUT2D eigenvalue weighted by Gasteiger charge is 2.15. The van der Waals surface area contributed by atoms with Crippen LogP contribution in [0.3, 0.4) is 0 Å². The minimum absolute atomic E-state index is 0.0861. The summed E-state index contributed by atoms with van der Waals surface area (Å²) in [6, 6.07) is 0. The van der Waals surface area contributed by atoms with Gasteiger partial charge in [-0.25, -0.2) is 0 Å². The van der Waals surface area contributed by atoms with E-state index in [1.165, 1.54) is 64.2 Å². The Morgan fingerprint density at radius 2 is 1.29 bits per heavy atom. The molecule has 0 bridgehead atoms. The van der Waals surface area contributed by atoms with Gasteiger partial charge in [0, 0.05) is 12.8 Å². The number of allylic oxidation sites excluding steroid dienone is 2. The molecule has 0 rings (SSSR count). The van der Waals surface area contributed by atoms with Crippen LogP contribution in [-0.2, 0) is 19.1 Å². The molecule has 0 aliphatic heterocycles. The number of carbonyl (C=O) groups excluding carboxylic acids is 2. The van der Waals surface area contributed by atoms with Gasteiger partial charge in [0.15, 0.2) is 6.10 Å². The molecule has 0 fully saturated rings. The van der Waals surface area contributed by atoms with Crippen molar-refractivity contribution in [3.8, 4) is 0 Å². The van der Waals surface area contributed by atoms with E-state index in [2.05, 4.69) is 6.92 Å². The maximum Gasteiger partial charge on any atom is 0.306 e. The molecule has 5 nitrogen and oxygen atoms in total. The van der Waals surface area contributed by atoms with E-state index in [4.69, 9.17) is 9.47 Å². The Morgan fingerprint density at radius 3 is 1.81 bits per heavy atom. The Hall–Kier alpha value is -1.36. The fraction of sp³-hybridized carbons (Fsp3) is 0.846. The molecule has 0 aromatic heterocycles. The summed E-state index contributed by atoms with van der Waals surface area (Å²) >= 11 is 0. The van der Waals surface area contributed by atoms with Gasteiger partial charge in [0.05, 0.1) is 6.61 Å². The number of rotatable bonds is 22. The minimum atomic E-state index is -0.774. The molecule has 182 valence electrons. The molecule has 0 spiro atoms. The third kappa shape index (κ3) is 21.7. The molecule has 0 saturated heterocycles. The summed E-state index contributed by atoms with van der Waals surface area (Å²) in [5.41, 5.74) is 0. The standard InChI is InChI=1S/C26H48O5/c1-3-5-7-9-10-11-12-13-14-15-16-17-19-21-26(29)31-24(22-27)23-30-25(28)20-18-8-6-4-2/h6,8,24,27H,3-5,7,9-23H2,1-2H3/b8-6-/t24-/m0/s1. The zero-order valence-electron chi connectivity index (χ0n) is 20.2. The van der Waals surface area contributed by atoms with E-state index in [0.29, 0.717) is 19.3 Å². The van der Waals surface area contributed by atoms with Crippen molar-refractivity contribution in [1.82, 2.24) is 0 Å². The van der Waals surface area contributed by atoms with E-state index in [0.717, 1.165) is 25.7 Å². The Labute approximate surface area is 191 Å². The van der Waals surface area contributed by atoms with Crippen molar-refractivity contribution in [3.05, 3.63) is 12.2 Å². The number of hydrogen-bond donors (Lipinski definition) is 1. The lowest BCUT2D eigenvalue weighted by Crippen LogP contribution is -2.28. The first-order valence-corrected chi connectivity index (χ1v) is 12.7. The maximum absolute atomic E-state index is 11.9. The summed E-state index contributed by atoms with van der Waals surface area (Å²) in [5, 5.41) is 9.34. The normalized spacial score (nSPS) is 12.2. The quantitative estimate of drug-likeness (QED) is 0.116. The van der Waals surface area contributed by atoms with Crippen LogP contribution in [0, 0.1) is 0 Å². The molecule has 5 heteroatoms. The molecule has 0 radical (unpaired) electrons. The Kier molecular flexibility index (Phi) is 22.3. The zero-order chi connectivity index (χ0) is 23.0. The second-order valence-corrected chi connectivity index (χ2v) is 8.39. The second-order valence-electron chi connectivity index (χ2n) is 8.39. The fourth-order valence-electron chi connectivity index (χ4n) is 3.40. The van der Waals surface area contributed by atoms with Crippen LogP contribution in [0.4, 0.5) is 0 Å². The van der Waals surface area contributed by atoms with E-state index in [1.807, 2.05) is 19.1 Å². The smallest absolute Gasteiger partial charge is 0.306 e. The Balaban J connectivity index is 3.57. The summed E-state index contributed by atoms with van der Waals surface area (Å²) in [6.45, 7) is 3.86. The maximum atomic E-state index is 11.9. The first kappa shape index (κ1) is 29.6. The molecule has 0 saturated carbocycles. The summed E-state index contributed by atoms with van der Waals surface area (Å²) in [6.07, 6.45) is 21.8. The third-order valence-corrected chi connectivity index (χ3v) is 5.33. The van der Waals surface area contributed by atoms with Gasteiger partial charge in [0.1, 0.15) is 6.61 Å². The van der Waals surface area contributed by atoms with Gasteiger partial charge in [-0.3, -0.25) is 9.59 Å². The van der Waals surface area contributed by atoms with Gasteiger partial charge in [-0.15, -0.1) is 0 Å². The highest BCUT2D eigenvalue weighted by molar-refractivity contribution is 5.70. The van der Waals surface area contributed by atoms with Crippen molar-refractivity contribution in [2.45, 2.75) is 129 Å². The van der Waals surface area contributed by atoms with Crippen LogP contribution in [-0.4, -0.2) is 36.4 Å². The predicted octanol–water partition coefficient (Wildman–Crippen LogP) is 6.66. The molecule has 0 heterocycles. The SMILES string of the molecule is CC/C=C\CCC(=O)OC[C@H](CO)OC(=O)CCCCCCCCCCCCCCC. The number of aliphatic hydroxyl groups is 1. The van der Waals surface area contributed by atoms with Crippen LogP contribution >= 0.6 is 0 Å². The van der Waals surface area contributed by atoms with Crippen LogP contribution in [0.25, 0.3) is 0 Å². The van der Waals surface area contributed by atoms with Crippen molar-refractivity contribution >= 4 is 11.9 Å². The summed E-state index contributed by atoms with van der Waals surface area (Å²) in [7, 11) is 0. The van der Waals surface area contributed by atoms with Crippen molar-refractivity contribution in [2.75, 3.05) is 13.2 Å². The highest BCUT2D eigenvalue weighted by Crippen LogP contribution is 2.13. The summed E-state index contributed by atoms with van der Waals surface area (Å²) in [4.78, 5) is 23.6. The van der Waals surface area contributed by atoms with E-state index in [9.17, 15) is 14.7 Å². The molecule has 0 aliphatic carbocycles. The van der Waals surface area contributed by atoms with Crippen LogP contribution in [0.15, 0.2) is 12.2 Å². The first-order valence-electron chi connectivity index (χ1n) is 12.7. The molecule has 31 heavy (non-hydrogen) atoms. The van der Waals surface area contributed by atoms with Gasteiger partial charge >= 0.3 is 11.9 Å². The van der Waals surface area contributed by atoms with E-state index < -0.39 is 6.10 Å². The highest BCUT2D eigenvalue weighted by atomic mass is 16.6. The third-order valence-electron chi connectivity index (χ3n) is 5.33. The molecule has 1 N–H and O–H groups in total. The number of ether oxygens (including phenoxy) is 2. The zero-order valence-corrected chi connectivity index (χ0v) is 20.2. The van der Waals surface area contributed by atoms with E-state index in [-0.39, 0.29) is 25.2 Å². The largest absolute Gasteiger partial charge is 0.462 e. The van der Waals surface area contributed by atoms with Crippen LogP contribution in [0.2, 0.25) is 0 Å². The summed E-state index contributed by atoms with van der Waals surface area (Å²) in [5.74, 6) is -0.671. The van der Waals surface area contributed by atoms with E-state index >= 15 is 0 Å². The van der Waals surface area contributed by atoms with Crippen LogP contribution in [0.5, 0.6) is 0 Å². The average Bonchev–Trinajstić information content (AvgIpc) is 2.77. The average molecular weight is 441 g/mol. The lowest BCUT2D eigenvalue weighted by atomic mass is 10.0. The van der Waals surface area contributed by atoms with Gasteiger partial charge in [0.2, 0.25) is 0 Å². The molecule has 0 aromatic rings. The van der Waals surface area contributed by atoms with Crippen molar-refractivity contribution in [2.24, 2.45) is 0 Å².